The summed E-state index contributed by atoms with van der Waals surface area (Å²) in [5.74, 6) is -0.605. The molecule has 142 valence electrons. The van der Waals surface area contributed by atoms with Crippen molar-refractivity contribution in [1.29, 1.82) is 0 Å². The summed E-state index contributed by atoms with van der Waals surface area (Å²) < 4.78 is 0. The van der Waals surface area contributed by atoms with E-state index in [1.807, 2.05) is 13.8 Å². The number of hydrogen-bond acceptors (Lipinski definition) is 4. The molecular weight excluding hydrogens is 342 g/mol. The van der Waals surface area contributed by atoms with E-state index in [0.717, 1.165) is 12.8 Å². The van der Waals surface area contributed by atoms with Crippen molar-refractivity contribution in [2.24, 2.45) is 0 Å². The van der Waals surface area contributed by atoms with Gasteiger partial charge >= 0.3 is 0 Å². The molecule has 2 rings (SSSR count). The summed E-state index contributed by atoms with van der Waals surface area (Å²) in [4.78, 5) is 42.6. The maximum absolute atomic E-state index is 12.7. The Morgan fingerprint density at radius 1 is 1.00 bits per heavy atom. The first-order valence-electron chi connectivity index (χ1n) is 9.14. The van der Waals surface area contributed by atoms with Crippen molar-refractivity contribution >= 4 is 23.3 Å². The van der Waals surface area contributed by atoms with Crippen molar-refractivity contribution in [3.05, 3.63) is 59.4 Å². The van der Waals surface area contributed by atoms with E-state index in [4.69, 9.17) is 0 Å². The predicted molar refractivity (Wildman–Crippen MR) is 105 cm³/mol. The first-order valence-corrected chi connectivity index (χ1v) is 9.14. The Labute approximate surface area is 159 Å². The molecule has 1 aromatic heterocycles. The number of aromatic nitrogens is 1. The number of benzene rings is 1. The number of hydrogen-bond donors (Lipinski definition) is 1. The van der Waals surface area contributed by atoms with Crippen LogP contribution in [0.4, 0.5) is 5.69 Å². The minimum atomic E-state index is -0.357. The molecule has 0 bridgehead atoms. The van der Waals surface area contributed by atoms with Crippen LogP contribution < -0.4 is 5.32 Å². The third-order valence-electron chi connectivity index (χ3n) is 4.04. The van der Waals surface area contributed by atoms with Gasteiger partial charge in [-0.05, 0) is 44.0 Å². The number of nitrogens with zero attached hydrogens (tertiary/aromatic N) is 2. The Morgan fingerprint density at radius 2 is 1.70 bits per heavy atom. The maximum Gasteiger partial charge on any atom is 0.272 e. The summed E-state index contributed by atoms with van der Waals surface area (Å²) in [7, 11) is 0. The maximum atomic E-state index is 12.7. The molecule has 1 aromatic carbocycles. The molecule has 0 unspecified atom stereocenters. The quantitative estimate of drug-likeness (QED) is 0.720. The lowest BCUT2D eigenvalue weighted by Crippen LogP contribution is -2.33. The number of pyridine rings is 1. The number of rotatable bonds is 8. The summed E-state index contributed by atoms with van der Waals surface area (Å²) in [5.41, 5.74) is 1.64. The van der Waals surface area contributed by atoms with E-state index in [9.17, 15) is 14.4 Å². The number of carbonyl (C=O) groups excluding carboxylic acids is 3. The molecule has 1 heterocycles. The van der Waals surface area contributed by atoms with Gasteiger partial charge in [0.2, 0.25) is 0 Å². The highest BCUT2D eigenvalue weighted by molar-refractivity contribution is 6.06. The van der Waals surface area contributed by atoms with Gasteiger partial charge in [-0.3, -0.25) is 19.4 Å². The van der Waals surface area contributed by atoms with E-state index in [1.54, 1.807) is 35.2 Å². The molecule has 0 saturated heterocycles. The predicted octanol–water partition coefficient (Wildman–Crippen LogP) is 3.80. The molecule has 27 heavy (non-hydrogen) atoms. The summed E-state index contributed by atoms with van der Waals surface area (Å²) in [5, 5.41) is 2.76. The Balaban J connectivity index is 2.18. The summed E-state index contributed by atoms with van der Waals surface area (Å²) in [6, 6.07) is 9.80. The summed E-state index contributed by atoms with van der Waals surface area (Å²) in [6.45, 7) is 6.82. The fourth-order valence-electron chi connectivity index (χ4n) is 2.72. The smallest absolute Gasteiger partial charge is 0.272 e. The lowest BCUT2D eigenvalue weighted by Gasteiger charge is -2.21. The highest BCUT2D eigenvalue weighted by Crippen LogP contribution is 2.14. The molecule has 1 N–H and O–H groups in total. The lowest BCUT2D eigenvalue weighted by molar-refractivity contribution is 0.0749. The van der Waals surface area contributed by atoms with Crippen molar-refractivity contribution in [2.45, 2.75) is 33.6 Å². The Hall–Kier alpha value is -3.02. The van der Waals surface area contributed by atoms with Gasteiger partial charge in [0.25, 0.3) is 11.8 Å². The molecule has 0 spiro atoms. The second kappa shape index (κ2) is 9.62. The van der Waals surface area contributed by atoms with Crippen molar-refractivity contribution in [2.75, 3.05) is 18.4 Å². The number of Topliss-reactive ketones (excluding diaryl/α,β-unsaturated/α-hetero) is 1. The summed E-state index contributed by atoms with van der Waals surface area (Å²) >= 11 is 0. The number of nitrogens with one attached hydrogen (secondary N) is 1. The van der Waals surface area contributed by atoms with Crippen LogP contribution in [0.25, 0.3) is 0 Å². The molecule has 0 saturated carbocycles. The van der Waals surface area contributed by atoms with Gasteiger partial charge in [-0.2, -0.15) is 0 Å². The van der Waals surface area contributed by atoms with Crippen LogP contribution in [0.2, 0.25) is 0 Å². The molecule has 2 amide bonds. The highest BCUT2D eigenvalue weighted by atomic mass is 16.2. The zero-order valence-corrected chi connectivity index (χ0v) is 16.0. The molecular formula is C21H25N3O3. The van der Waals surface area contributed by atoms with Gasteiger partial charge in [0, 0.05) is 36.1 Å². The topological polar surface area (TPSA) is 79.4 Å². The Bertz CT molecular complexity index is 827. The molecule has 2 aromatic rings. The fraction of sp³-hybridized carbons (Fsp3) is 0.333. The van der Waals surface area contributed by atoms with E-state index in [-0.39, 0.29) is 23.3 Å². The molecule has 0 aliphatic carbocycles. The Morgan fingerprint density at radius 3 is 2.33 bits per heavy atom. The van der Waals surface area contributed by atoms with Crippen LogP contribution in [0.5, 0.6) is 0 Å². The van der Waals surface area contributed by atoms with Gasteiger partial charge < -0.3 is 10.2 Å². The van der Waals surface area contributed by atoms with Crippen LogP contribution in [-0.2, 0) is 0 Å². The minimum absolute atomic E-state index is 0.0742. The van der Waals surface area contributed by atoms with Gasteiger partial charge in [0.15, 0.2) is 5.78 Å². The minimum Gasteiger partial charge on any atom is -0.337 e. The van der Waals surface area contributed by atoms with E-state index >= 15 is 0 Å². The average molecular weight is 367 g/mol. The summed E-state index contributed by atoms with van der Waals surface area (Å²) in [6.07, 6.45) is 3.18. The Kier molecular flexibility index (Phi) is 7.23. The highest BCUT2D eigenvalue weighted by Gasteiger charge is 2.17. The van der Waals surface area contributed by atoms with Gasteiger partial charge in [0.1, 0.15) is 5.69 Å². The van der Waals surface area contributed by atoms with Crippen molar-refractivity contribution in [3.63, 3.8) is 0 Å². The van der Waals surface area contributed by atoms with Gasteiger partial charge in [-0.1, -0.05) is 26.0 Å². The molecule has 0 aliphatic rings. The second-order valence-electron chi connectivity index (χ2n) is 6.31. The zero-order valence-electron chi connectivity index (χ0n) is 16.0. The first kappa shape index (κ1) is 20.3. The largest absolute Gasteiger partial charge is 0.337 e. The number of amides is 2. The van der Waals surface area contributed by atoms with Gasteiger partial charge in [-0.25, -0.2) is 0 Å². The van der Waals surface area contributed by atoms with Gasteiger partial charge in [-0.15, -0.1) is 0 Å². The molecule has 6 nitrogen and oxygen atoms in total. The second-order valence-corrected chi connectivity index (χ2v) is 6.31. The van der Waals surface area contributed by atoms with Crippen LogP contribution >= 0.6 is 0 Å². The van der Waals surface area contributed by atoms with E-state index in [2.05, 4.69) is 10.3 Å². The number of carbonyl (C=O) groups is 3. The number of anilines is 1. The van der Waals surface area contributed by atoms with Crippen LogP contribution in [0.1, 0.15) is 64.8 Å². The molecule has 0 fully saturated rings. The monoisotopic (exact) mass is 367 g/mol. The molecule has 0 radical (unpaired) electrons. The third-order valence-corrected chi connectivity index (χ3v) is 4.04. The van der Waals surface area contributed by atoms with Crippen LogP contribution in [0.3, 0.4) is 0 Å². The van der Waals surface area contributed by atoms with E-state index in [0.29, 0.717) is 29.9 Å². The van der Waals surface area contributed by atoms with Gasteiger partial charge in [0.05, 0.1) is 0 Å². The third kappa shape index (κ3) is 5.48. The molecule has 6 heteroatoms. The van der Waals surface area contributed by atoms with Crippen molar-refractivity contribution in [1.82, 2.24) is 9.88 Å². The van der Waals surface area contributed by atoms with Crippen molar-refractivity contribution in [3.8, 4) is 0 Å². The molecule has 0 atom stereocenters. The average Bonchev–Trinajstić information content (AvgIpc) is 2.67. The number of ketones is 1. The van der Waals surface area contributed by atoms with E-state index < -0.39 is 0 Å². The van der Waals surface area contributed by atoms with E-state index in [1.165, 1.54) is 19.2 Å². The van der Waals surface area contributed by atoms with Crippen molar-refractivity contribution < 1.29 is 14.4 Å². The molecule has 0 aliphatic heterocycles. The SMILES string of the molecule is CCCN(CCC)C(=O)c1cc(C(=O)Nc2cccc(C(C)=O)c2)ccn1. The first-order chi connectivity index (χ1) is 13.0. The fourth-order valence-corrected chi connectivity index (χ4v) is 2.72. The van der Waals surface area contributed by atoms with Crippen LogP contribution in [0.15, 0.2) is 42.6 Å². The van der Waals surface area contributed by atoms with Crippen LogP contribution in [-0.4, -0.2) is 40.6 Å². The van der Waals surface area contributed by atoms with Crippen LogP contribution in [0, 0.1) is 0 Å². The lowest BCUT2D eigenvalue weighted by atomic mass is 10.1. The standard InChI is InChI=1S/C21H25N3O3/c1-4-11-24(12-5-2)21(27)19-14-17(9-10-22-19)20(26)23-18-8-6-7-16(13-18)15(3)25/h6-10,13-14H,4-5,11-12H2,1-3H3,(H,23,26). The zero-order chi connectivity index (χ0) is 19.8. The normalized spacial score (nSPS) is 10.3.